The molecule has 3 aromatic rings. The maximum Gasteiger partial charge on any atom is 0.126 e. The summed E-state index contributed by atoms with van der Waals surface area (Å²) in [6, 6.07) is 13.3. The van der Waals surface area contributed by atoms with E-state index in [4.69, 9.17) is 0 Å². The molecular formula is C20H15F2N3. The van der Waals surface area contributed by atoms with Crippen LogP contribution < -0.4 is 5.32 Å². The standard InChI is InChI=1S/C20H15F2N3/c21-16-9-14(10-17(22)11-16)19-5-7-23-12-15-8-13(3-4-18(15)19)20-2-1-6-24-25-20/h1-6,8-11,23H,7,12H2. The first kappa shape index (κ1) is 15.6. The minimum atomic E-state index is -0.578. The highest BCUT2D eigenvalue weighted by Gasteiger charge is 2.15. The first-order valence-electron chi connectivity index (χ1n) is 7.99. The highest BCUT2D eigenvalue weighted by Crippen LogP contribution is 2.31. The van der Waals surface area contributed by atoms with Crippen molar-refractivity contribution in [1.29, 1.82) is 0 Å². The van der Waals surface area contributed by atoms with Crippen molar-refractivity contribution in [3.05, 3.63) is 89.1 Å². The summed E-state index contributed by atoms with van der Waals surface area (Å²) in [4.78, 5) is 0. The fourth-order valence-electron chi connectivity index (χ4n) is 3.09. The Hall–Kier alpha value is -2.92. The van der Waals surface area contributed by atoms with Crippen molar-refractivity contribution in [2.75, 3.05) is 6.54 Å². The normalized spacial score (nSPS) is 13.8. The lowest BCUT2D eigenvalue weighted by molar-refractivity contribution is 0.582. The van der Waals surface area contributed by atoms with Crippen LogP contribution in [0.3, 0.4) is 0 Å². The molecule has 124 valence electrons. The lowest BCUT2D eigenvalue weighted by atomic mass is 9.92. The summed E-state index contributed by atoms with van der Waals surface area (Å²) in [6.45, 7) is 1.30. The van der Waals surface area contributed by atoms with Crippen LogP contribution in [0, 0.1) is 11.6 Å². The van der Waals surface area contributed by atoms with E-state index < -0.39 is 11.6 Å². The van der Waals surface area contributed by atoms with Crippen molar-refractivity contribution in [2.24, 2.45) is 0 Å². The lowest BCUT2D eigenvalue weighted by Gasteiger charge is -2.13. The van der Waals surface area contributed by atoms with Gasteiger partial charge >= 0.3 is 0 Å². The molecule has 0 bridgehead atoms. The second kappa shape index (κ2) is 6.53. The van der Waals surface area contributed by atoms with Crippen LogP contribution >= 0.6 is 0 Å². The van der Waals surface area contributed by atoms with Crippen LogP contribution in [0.5, 0.6) is 0 Å². The molecule has 1 aliphatic heterocycles. The molecule has 5 heteroatoms. The van der Waals surface area contributed by atoms with Gasteiger partial charge in [-0.2, -0.15) is 10.2 Å². The summed E-state index contributed by atoms with van der Waals surface area (Å²) in [5.74, 6) is -1.16. The molecule has 1 aliphatic rings. The van der Waals surface area contributed by atoms with Crippen molar-refractivity contribution >= 4 is 5.57 Å². The van der Waals surface area contributed by atoms with E-state index in [9.17, 15) is 8.78 Å². The van der Waals surface area contributed by atoms with Gasteiger partial charge in [-0.1, -0.05) is 18.2 Å². The molecule has 4 rings (SSSR count). The number of aromatic nitrogens is 2. The molecule has 25 heavy (non-hydrogen) atoms. The van der Waals surface area contributed by atoms with E-state index in [0.29, 0.717) is 18.7 Å². The Bertz CT molecular complexity index is 932. The third-order valence-electron chi connectivity index (χ3n) is 4.20. The van der Waals surface area contributed by atoms with Gasteiger partial charge in [0.15, 0.2) is 0 Å². The van der Waals surface area contributed by atoms with Gasteiger partial charge < -0.3 is 5.32 Å². The van der Waals surface area contributed by atoms with E-state index in [-0.39, 0.29) is 0 Å². The summed E-state index contributed by atoms with van der Waals surface area (Å²) in [6.07, 6.45) is 3.59. The SMILES string of the molecule is Fc1cc(F)cc(C2=CCNCc3cc(-c4cccnn4)ccc32)c1. The number of hydrogen-bond donors (Lipinski definition) is 1. The zero-order chi connectivity index (χ0) is 17.2. The molecule has 0 amide bonds. The fraction of sp³-hybridized carbons (Fsp3) is 0.100. The van der Waals surface area contributed by atoms with Gasteiger partial charge in [0.2, 0.25) is 0 Å². The summed E-state index contributed by atoms with van der Waals surface area (Å²) >= 11 is 0. The average molecular weight is 335 g/mol. The predicted molar refractivity (Wildman–Crippen MR) is 92.6 cm³/mol. The van der Waals surface area contributed by atoms with Crippen LogP contribution in [-0.2, 0) is 6.54 Å². The third kappa shape index (κ3) is 3.19. The van der Waals surface area contributed by atoms with Gasteiger partial charge in [0, 0.05) is 30.9 Å². The number of nitrogens with one attached hydrogen (secondary N) is 1. The summed E-state index contributed by atoms with van der Waals surface area (Å²) in [7, 11) is 0. The molecule has 0 atom stereocenters. The van der Waals surface area contributed by atoms with Crippen LogP contribution in [-0.4, -0.2) is 16.7 Å². The number of halogens is 2. The van der Waals surface area contributed by atoms with Crippen molar-refractivity contribution in [3.8, 4) is 11.3 Å². The molecule has 0 aliphatic carbocycles. The van der Waals surface area contributed by atoms with Gasteiger partial charge in [-0.25, -0.2) is 8.78 Å². The van der Waals surface area contributed by atoms with Gasteiger partial charge in [-0.15, -0.1) is 0 Å². The molecule has 0 saturated heterocycles. The number of hydrogen-bond acceptors (Lipinski definition) is 3. The predicted octanol–water partition coefficient (Wildman–Crippen LogP) is 3.96. The molecule has 0 fully saturated rings. The van der Waals surface area contributed by atoms with Gasteiger partial charge in [-0.3, -0.25) is 0 Å². The first-order chi connectivity index (χ1) is 12.2. The summed E-state index contributed by atoms with van der Waals surface area (Å²) < 4.78 is 27.3. The molecule has 2 aromatic carbocycles. The largest absolute Gasteiger partial charge is 0.309 e. The van der Waals surface area contributed by atoms with Crippen LogP contribution in [0.15, 0.2) is 60.8 Å². The number of fused-ring (bicyclic) bond motifs is 1. The van der Waals surface area contributed by atoms with E-state index in [2.05, 4.69) is 15.5 Å². The lowest BCUT2D eigenvalue weighted by Crippen LogP contribution is -2.11. The zero-order valence-electron chi connectivity index (χ0n) is 13.3. The van der Waals surface area contributed by atoms with E-state index >= 15 is 0 Å². The third-order valence-corrected chi connectivity index (χ3v) is 4.20. The number of nitrogens with zero attached hydrogens (tertiary/aromatic N) is 2. The van der Waals surface area contributed by atoms with Gasteiger partial charge in [-0.05, 0) is 52.6 Å². The van der Waals surface area contributed by atoms with E-state index in [1.54, 1.807) is 6.20 Å². The Kier molecular flexibility index (Phi) is 4.07. The molecule has 0 radical (unpaired) electrons. The van der Waals surface area contributed by atoms with Crippen molar-refractivity contribution in [3.63, 3.8) is 0 Å². The highest BCUT2D eigenvalue weighted by atomic mass is 19.1. The average Bonchev–Trinajstić information content (AvgIpc) is 2.83. The van der Waals surface area contributed by atoms with E-state index in [0.717, 1.165) is 34.0 Å². The van der Waals surface area contributed by atoms with Gasteiger partial charge in [0.25, 0.3) is 0 Å². The van der Waals surface area contributed by atoms with E-state index in [1.165, 1.54) is 12.1 Å². The molecule has 2 heterocycles. The first-order valence-corrected chi connectivity index (χ1v) is 7.99. The minimum absolute atomic E-state index is 0.537. The molecule has 3 nitrogen and oxygen atoms in total. The number of rotatable bonds is 2. The molecule has 0 unspecified atom stereocenters. The van der Waals surface area contributed by atoms with Crippen LogP contribution in [0.4, 0.5) is 8.78 Å². The monoisotopic (exact) mass is 335 g/mol. The maximum absolute atomic E-state index is 13.6. The molecule has 1 N–H and O–H groups in total. The quantitative estimate of drug-likeness (QED) is 0.770. The molecule has 0 saturated carbocycles. The minimum Gasteiger partial charge on any atom is -0.309 e. The molecule has 1 aromatic heterocycles. The zero-order valence-corrected chi connectivity index (χ0v) is 13.3. The second-order valence-corrected chi connectivity index (χ2v) is 5.89. The van der Waals surface area contributed by atoms with Crippen molar-refractivity contribution in [1.82, 2.24) is 15.5 Å². The van der Waals surface area contributed by atoms with Crippen LogP contribution in [0.1, 0.15) is 16.7 Å². The molecule has 0 spiro atoms. The highest BCUT2D eigenvalue weighted by molar-refractivity contribution is 5.83. The summed E-state index contributed by atoms with van der Waals surface area (Å²) in [5, 5.41) is 11.4. The Morgan fingerprint density at radius 2 is 1.76 bits per heavy atom. The Labute approximate surface area is 144 Å². The van der Waals surface area contributed by atoms with E-state index in [1.807, 2.05) is 36.4 Å². The van der Waals surface area contributed by atoms with Crippen molar-refractivity contribution < 1.29 is 8.78 Å². The fourth-order valence-corrected chi connectivity index (χ4v) is 3.09. The maximum atomic E-state index is 13.6. The smallest absolute Gasteiger partial charge is 0.126 e. The Morgan fingerprint density at radius 1 is 0.920 bits per heavy atom. The van der Waals surface area contributed by atoms with Crippen LogP contribution in [0.25, 0.3) is 16.8 Å². The summed E-state index contributed by atoms with van der Waals surface area (Å²) in [5.41, 5.74) is 5.12. The van der Waals surface area contributed by atoms with Crippen molar-refractivity contribution in [2.45, 2.75) is 6.54 Å². The topological polar surface area (TPSA) is 37.8 Å². The number of benzene rings is 2. The molecular weight excluding hydrogens is 320 g/mol. The Balaban J connectivity index is 1.81. The van der Waals surface area contributed by atoms with Gasteiger partial charge in [0.1, 0.15) is 11.6 Å². The van der Waals surface area contributed by atoms with Gasteiger partial charge in [0.05, 0.1) is 5.69 Å². The van der Waals surface area contributed by atoms with Crippen LogP contribution in [0.2, 0.25) is 0 Å². The second-order valence-electron chi connectivity index (χ2n) is 5.89. The Morgan fingerprint density at radius 3 is 2.52 bits per heavy atom.